The number of oxime groups is 1. The zero-order valence-electron chi connectivity index (χ0n) is 14.2. The zero-order chi connectivity index (χ0) is 19.1. The normalized spacial score (nSPS) is 10.6. The molecule has 0 saturated carbocycles. The van der Waals surface area contributed by atoms with Gasteiger partial charge in [0.25, 0.3) is 11.8 Å². The average Bonchev–Trinajstić information content (AvgIpc) is 2.53. The molecule has 0 aliphatic heterocycles. The first-order valence-corrected chi connectivity index (χ1v) is 8.38. The van der Waals surface area contributed by atoms with Gasteiger partial charge in [0.15, 0.2) is 6.61 Å². The van der Waals surface area contributed by atoms with Crippen molar-refractivity contribution in [1.29, 1.82) is 0 Å². The summed E-state index contributed by atoms with van der Waals surface area (Å²) in [5.41, 5.74) is 3.16. The fourth-order valence-corrected chi connectivity index (χ4v) is 2.65. The Morgan fingerprint density at radius 3 is 2.42 bits per heavy atom. The first-order valence-electron chi connectivity index (χ1n) is 7.63. The van der Waals surface area contributed by atoms with Crippen LogP contribution in [-0.4, -0.2) is 24.6 Å². The van der Waals surface area contributed by atoms with E-state index in [1.807, 2.05) is 26.0 Å². The maximum atomic E-state index is 11.8. The summed E-state index contributed by atoms with van der Waals surface area (Å²) in [5, 5.41) is 9.51. The summed E-state index contributed by atoms with van der Waals surface area (Å²) in [4.78, 5) is 28.4. The summed E-state index contributed by atoms with van der Waals surface area (Å²) < 4.78 is 0. The summed E-state index contributed by atoms with van der Waals surface area (Å²) in [6.07, 6.45) is 0.961. The molecular formula is C18H17Cl2N3O3. The van der Waals surface area contributed by atoms with Gasteiger partial charge in [0.05, 0.1) is 0 Å². The molecule has 0 spiro atoms. The lowest BCUT2D eigenvalue weighted by Gasteiger charge is -2.07. The highest BCUT2D eigenvalue weighted by molar-refractivity contribution is 6.35. The zero-order valence-corrected chi connectivity index (χ0v) is 15.7. The number of hydrogen-bond acceptors (Lipinski definition) is 4. The van der Waals surface area contributed by atoms with E-state index >= 15 is 0 Å². The van der Waals surface area contributed by atoms with Crippen LogP contribution in [0.25, 0.3) is 0 Å². The molecule has 2 aromatic carbocycles. The summed E-state index contributed by atoms with van der Waals surface area (Å²) >= 11 is 11.7. The second kappa shape index (κ2) is 9.22. The number of carbonyl (C=O) groups excluding carboxylic acids is 2. The van der Waals surface area contributed by atoms with Crippen molar-refractivity contribution in [3.05, 3.63) is 57.6 Å². The van der Waals surface area contributed by atoms with Gasteiger partial charge in [0, 0.05) is 21.4 Å². The molecule has 0 saturated heterocycles. The minimum Gasteiger partial charge on any atom is -0.385 e. The van der Waals surface area contributed by atoms with Gasteiger partial charge in [-0.3, -0.25) is 9.59 Å². The summed E-state index contributed by atoms with van der Waals surface area (Å²) in [6, 6.07) is 10.3. The molecule has 2 N–H and O–H groups in total. The molecule has 136 valence electrons. The monoisotopic (exact) mass is 393 g/mol. The van der Waals surface area contributed by atoms with E-state index in [1.54, 1.807) is 24.3 Å². The number of halogens is 2. The lowest BCUT2D eigenvalue weighted by atomic mass is 10.1. The van der Waals surface area contributed by atoms with Gasteiger partial charge in [0.1, 0.15) is 6.21 Å². The van der Waals surface area contributed by atoms with Crippen molar-refractivity contribution in [2.45, 2.75) is 13.8 Å². The third-order valence-electron chi connectivity index (χ3n) is 3.23. The Kier molecular flexibility index (Phi) is 7.00. The van der Waals surface area contributed by atoms with Gasteiger partial charge in [-0.2, -0.15) is 0 Å². The van der Waals surface area contributed by atoms with Crippen molar-refractivity contribution >= 4 is 52.6 Å². The maximum Gasteiger partial charge on any atom is 0.270 e. The number of nitrogens with zero attached hydrogens (tertiary/aromatic N) is 1. The highest BCUT2D eigenvalue weighted by Gasteiger charge is 2.06. The van der Waals surface area contributed by atoms with Gasteiger partial charge < -0.3 is 15.5 Å². The van der Waals surface area contributed by atoms with Crippen LogP contribution < -0.4 is 10.6 Å². The molecule has 0 unspecified atom stereocenters. The van der Waals surface area contributed by atoms with Crippen molar-refractivity contribution in [1.82, 2.24) is 0 Å². The minimum absolute atomic E-state index is 0.364. The van der Waals surface area contributed by atoms with E-state index < -0.39 is 11.8 Å². The van der Waals surface area contributed by atoms with Crippen LogP contribution in [0.15, 0.2) is 41.6 Å². The van der Waals surface area contributed by atoms with Gasteiger partial charge in [0.2, 0.25) is 0 Å². The molecule has 2 aromatic rings. The van der Waals surface area contributed by atoms with Crippen LogP contribution in [0, 0.1) is 13.8 Å². The number of amides is 2. The second-order valence-corrected chi connectivity index (χ2v) is 6.39. The van der Waals surface area contributed by atoms with Crippen LogP contribution in [0.1, 0.15) is 11.1 Å². The minimum atomic E-state index is -0.463. The molecule has 0 bridgehead atoms. The van der Waals surface area contributed by atoms with Gasteiger partial charge >= 0.3 is 0 Å². The molecule has 6 nitrogen and oxygen atoms in total. The first kappa shape index (κ1) is 19.8. The summed E-state index contributed by atoms with van der Waals surface area (Å²) in [7, 11) is 0. The average molecular weight is 394 g/mol. The number of carbonyl (C=O) groups is 2. The Labute approximate surface area is 161 Å². The number of nitrogens with one attached hydrogen (secondary N) is 2. The predicted octanol–water partition coefficient (Wildman–Crippen LogP) is 4.19. The number of benzene rings is 2. The number of anilines is 2. The molecule has 0 radical (unpaired) electrons. The summed E-state index contributed by atoms with van der Waals surface area (Å²) in [5.74, 6) is -0.922. The van der Waals surface area contributed by atoms with Gasteiger partial charge in [-0.1, -0.05) is 46.1 Å². The molecule has 2 rings (SSSR count). The number of rotatable bonds is 6. The topological polar surface area (TPSA) is 79.8 Å². The highest BCUT2D eigenvalue weighted by atomic mass is 35.5. The van der Waals surface area contributed by atoms with Crippen molar-refractivity contribution in [3.8, 4) is 0 Å². The van der Waals surface area contributed by atoms with E-state index in [4.69, 9.17) is 28.0 Å². The van der Waals surface area contributed by atoms with Gasteiger partial charge in [-0.25, -0.2) is 0 Å². The lowest BCUT2D eigenvalue weighted by Crippen LogP contribution is -2.18. The number of hydrogen-bond donors (Lipinski definition) is 2. The van der Waals surface area contributed by atoms with E-state index in [0.29, 0.717) is 21.4 Å². The fraction of sp³-hybridized carbons (Fsp3) is 0.167. The van der Waals surface area contributed by atoms with Crippen molar-refractivity contribution in [3.63, 3.8) is 0 Å². The fourth-order valence-electron chi connectivity index (χ4n) is 2.12. The third-order valence-corrected chi connectivity index (χ3v) is 3.66. The van der Waals surface area contributed by atoms with E-state index in [2.05, 4.69) is 15.8 Å². The molecule has 2 amide bonds. The predicted molar refractivity (Wildman–Crippen MR) is 104 cm³/mol. The molecule has 8 heteroatoms. The standard InChI is InChI=1S/C18H17Cl2N3O3/c1-11-3-4-16(12(2)5-11)23-17(24)9-21-26-10-18(25)22-15-7-13(19)6-14(20)8-15/h3-9H,10H2,1-2H3,(H,22,25)(H,23,24)/b21-9-. The molecular weight excluding hydrogens is 377 g/mol. The lowest BCUT2D eigenvalue weighted by molar-refractivity contribution is -0.120. The second-order valence-electron chi connectivity index (χ2n) is 5.52. The SMILES string of the molecule is Cc1ccc(NC(=O)/C=N\OCC(=O)Nc2cc(Cl)cc(Cl)c2)c(C)c1. The smallest absolute Gasteiger partial charge is 0.270 e. The maximum absolute atomic E-state index is 11.8. The Balaban J connectivity index is 1.79. The molecule has 0 fully saturated rings. The van der Waals surface area contributed by atoms with Crippen LogP contribution in [0.2, 0.25) is 10.0 Å². The van der Waals surface area contributed by atoms with E-state index in [9.17, 15) is 9.59 Å². The van der Waals surface area contributed by atoms with Crippen LogP contribution in [0.5, 0.6) is 0 Å². The highest BCUT2D eigenvalue weighted by Crippen LogP contribution is 2.22. The van der Waals surface area contributed by atoms with Gasteiger partial charge in [-0.15, -0.1) is 0 Å². The molecule has 0 aliphatic carbocycles. The van der Waals surface area contributed by atoms with E-state index in [1.165, 1.54) is 0 Å². The third kappa shape index (κ3) is 6.38. The van der Waals surface area contributed by atoms with Crippen LogP contribution >= 0.6 is 23.2 Å². The van der Waals surface area contributed by atoms with E-state index in [0.717, 1.165) is 17.3 Å². The van der Waals surface area contributed by atoms with Crippen LogP contribution in [-0.2, 0) is 14.4 Å². The molecule has 26 heavy (non-hydrogen) atoms. The van der Waals surface area contributed by atoms with Crippen LogP contribution in [0.4, 0.5) is 11.4 Å². The van der Waals surface area contributed by atoms with Crippen molar-refractivity contribution in [2.75, 3.05) is 17.2 Å². The van der Waals surface area contributed by atoms with Gasteiger partial charge in [-0.05, 0) is 43.7 Å². The Hall–Kier alpha value is -2.57. The van der Waals surface area contributed by atoms with E-state index in [-0.39, 0.29) is 6.61 Å². The molecule has 0 atom stereocenters. The largest absolute Gasteiger partial charge is 0.385 e. The van der Waals surface area contributed by atoms with Crippen molar-refractivity contribution in [2.24, 2.45) is 5.16 Å². The Morgan fingerprint density at radius 2 is 1.77 bits per heavy atom. The van der Waals surface area contributed by atoms with Crippen molar-refractivity contribution < 1.29 is 14.4 Å². The summed E-state index contributed by atoms with van der Waals surface area (Å²) in [6.45, 7) is 3.50. The Bertz CT molecular complexity index is 833. The first-order chi connectivity index (χ1) is 12.3. The molecule has 0 aliphatic rings. The number of aryl methyl sites for hydroxylation is 2. The molecule has 0 heterocycles. The Morgan fingerprint density at radius 1 is 1.08 bits per heavy atom. The molecule has 0 aromatic heterocycles. The van der Waals surface area contributed by atoms with Crippen LogP contribution in [0.3, 0.4) is 0 Å². The quantitative estimate of drug-likeness (QED) is 0.570.